The van der Waals surface area contributed by atoms with E-state index in [4.69, 9.17) is 11.5 Å². The topological polar surface area (TPSA) is 98.5 Å². The maximum absolute atomic E-state index is 11.6. The molecule has 0 aliphatic rings. The summed E-state index contributed by atoms with van der Waals surface area (Å²) in [6.07, 6.45) is 0.364. The van der Waals surface area contributed by atoms with E-state index in [2.05, 4.69) is 4.99 Å². The van der Waals surface area contributed by atoms with Crippen molar-refractivity contribution in [1.82, 2.24) is 0 Å². The largest absolute Gasteiger partial charge is 0.370 e. The number of benzene rings is 1. The molecule has 1 aromatic carbocycles. The molecule has 0 radical (unpaired) electrons. The molecule has 0 aliphatic carbocycles. The summed E-state index contributed by atoms with van der Waals surface area (Å²) >= 11 is 0. The van der Waals surface area contributed by atoms with E-state index < -0.39 is 0 Å². The Hall–Kier alpha value is -2.17. The first-order valence-corrected chi connectivity index (χ1v) is 5.23. The number of ketones is 2. The minimum Gasteiger partial charge on any atom is -0.370 e. The quantitative estimate of drug-likeness (QED) is 0.466. The van der Waals surface area contributed by atoms with Crippen LogP contribution in [0, 0.1) is 0 Å². The summed E-state index contributed by atoms with van der Waals surface area (Å²) in [4.78, 5) is 26.8. The van der Waals surface area contributed by atoms with E-state index in [0.717, 1.165) is 0 Å². The van der Waals surface area contributed by atoms with E-state index in [1.54, 1.807) is 25.1 Å². The number of guanidine groups is 1. The van der Waals surface area contributed by atoms with E-state index in [1.165, 1.54) is 6.92 Å². The molecule has 5 heteroatoms. The predicted octanol–water partition coefficient (Wildman–Crippen LogP) is 1.39. The van der Waals surface area contributed by atoms with Gasteiger partial charge in [0.25, 0.3) is 0 Å². The normalized spacial score (nSPS) is 9.76. The van der Waals surface area contributed by atoms with Gasteiger partial charge in [-0.15, -0.1) is 0 Å². The number of carbonyl (C=O) groups excluding carboxylic acids is 2. The summed E-state index contributed by atoms with van der Waals surface area (Å²) in [5, 5.41) is 0. The standard InChI is InChI=1S/C12H15N3O2/c1-3-11(17)9-4-8(7(2)16)5-10(6-9)15-12(13)14/h4-6H,3H2,1-2H3,(H4,13,14,15). The van der Waals surface area contributed by atoms with E-state index in [1.807, 2.05) is 0 Å². The summed E-state index contributed by atoms with van der Waals surface area (Å²) in [5.41, 5.74) is 11.8. The number of hydrogen-bond donors (Lipinski definition) is 2. The van der Waals surface area contributed by atoms with Gasteiger partial charge < -0.3 is 11.5 Å². The van der Waals surface area contributed by atoms with Gasteiger partial charge in [0.05, 0.1) is 5.69 Å². The maximum atomic E-state index is 11.6. The smallest absolute Gasteiger partial charge is 0.191 e. The Morgan fingerprint density at radius 3 is 2.24 bits per heavy atom. The second-order valence-corrected chi connectivity index (χ2v) is 3.64. The van der Waals surface area contributed by atoms with Crippen LogP contribution in [0.1, 0.15) is 41.0 Å². The van der Waals surface area contributed by atoms with Crippen LogP contribution < -0.4 is 11.5 Å². The number of aliphatic imine (C=N–C) groups is 1. The van der Waals surface area contributed by atoms with Crippen LogP contribution in [0.4, 0.5) is 5.69 Å². The van der Waals surface area contributed by atoms with Gasteiger partial charge in [-0.25, -0.2) is 4.99 Å². The van der Waals surface area contributed by atoms with Crippen molar-refractivity contribution in [3.8, 4) is 0 Å². The monoisotopic (exact) mass is 233 g/mol. The van der Waals surface area contributed by atoms with E-state index >= 15 is 0 Å². The van der Waals surface area contributed by atoms with Crippen LogP contribution in [0.3, 0.4) is 0 Å². The Morgan fingerprint density at radius 1 is 1.18 bits per heavy atom. The zero-order valence-corrected chi connectivity index (χ0v) is 9.86. The van der Waals surface area contributed by atoms with E-state index in [0.29, 0.717) is 23.2 Å². The van der Waals surface area contributed by atoms with Crippen molar-refractivity contribution in [3.63, 3.8) is 0 Å². The SMILES string of the molecule is CCC(=O)c1cc(N=C(N)N)cc(C(C)=O)c1. The molecule has 0 atom stereocenters. The maximum Gasteiger partial charge on any atom is 0.191 e. The molecular weight excluding hydrogens is 218 g/mol. The lowest BCUT2D eigenvalue weighted by molar-refractivity contribution is 0.0988. The number of rotatable bonds is 4. The van der Waals surface area contributed by atoms with E-state index in [-0.39, 0.29) is 17.5 Å². The summed E-state index contributed by atoms with van der Waals surface area (Å²) in [5.74, 6) is -0.302. The Balaban J connectivity index is 3.33. The first-order chi connectivity index (χ1) is 7.93. The number of carbonyl (C=O) groups is 2. The minimum atomic E-state index is -0.136. The number of Topliss-reactive ketones (excluding diaryl/α,β-unsaturated/α-hetero) is 2. The van der Waals surface area contributed by atoms with Crippen LogP contribution in [0.25, 0.3) is 0 Å². The molecule has 0 saturated heterocycles. The molecule has 90 valence electrons. The zero-order chi connectivity index (χ0) is 13.0. The van der Waals surface area contributed by atoms with Crippen molar-refractivity contribution in [2.24, 2.45) is 16.5 Å². The minimum absolute atomic E-state index is 0.0554. The third-order valence-electron chi connectivity index (χ3n) is 2.23. The van der Waals surface area contributed by atoms with Gasteiger partial charge in [0.2, 0.25) is 0 Å². The Morgan fingerprint density at radius 2 is 1.76 bits per heavy atom. The van der Waals surface area contributed by atoms with Gasteiger partial charge in [-0.2, -0.15) is 0 Å². The lowest BCUT2D eigenvalue weighted by Crippen LogP contribution is -2.22. The first-order valence-electron chi connectivity index (χ1n) is 5.23. The molecule has 4 N–H and O–H groups in total. The Labute approximate surface area is 99.5 Å². The molecule has 0 unspecified atom stereocenters. The lowest BCUT2D eigenvalue weighted by Gasteiger charge is -2.04. The molecule has 0 aliphatic heterocycles. The van der Waals surface area contributed by atoms with E-state index in [9.17, 15) is 9.59 Å². The van der Waals surface area contributed by atoms with Crippen molar-refractivity contribution in [2.75, 3.05) is 0 Å². The van der Waals surface area contributed by atoms with Crippen LogP contribution >= 0.6 is 0 Å². The van der Waals surface area contributed by atoms with Gasteiger partial charge >= 0.3 is 0 Å². The van der Waals surface area contributed by atoms with Crippen molar-refractivity contribution >= 4 is 23.2 Å². The van der Waals surface area contributed by atoms with Crippen molar-refractivity contribution in [3.05, 3.63) is 29.3 Å². The van der Waals surface area contributed by atoms with Gasteiger partial charge in [-0.3, -0.25) is 9.59 Å². The number of hydrogen-bond acceptors (Lipinski definition) is 3. The van der Waals surface area contributed by atoms with Gasteiger partial charge in [-0.1, -0.05) is 6.92 Å². The predicted molar refractivity (Wildman–Crippen MR) is 66.5 cm³/mol. The molecule has 5 nitrogen and oxygen atoms in total. The molecule has 1 rings (SSSR count). The van der Waals surface area contributed by atoms with Crippen LogP contribution in [0.15, 0.2) is 23.2 Å². The molecule has 0 heterocycles. The van der Waals surface area contributed by atoms with Crippen LogP contribution in [0.2, 0.25) is 0 Å². The number of nitrogens with two attached hydrogens (primary N) is 2. The summed E-state index contributed by atoms with van der Waals surface area (Å²) in [6, 6.07) is 4.67. The second kappa shape index (κ2) is 5.25. The highest BCUT2D eigenvalue weighted by atomic mass is 16.1. The number of nitrogens with zero attached hydrogens (tertiary/aromatic N) is 1. The highest BCUT2D eigenvalue weighted by Gasteiger charge is 2.09. The first kappa shape index (κ1) is 12.9. The molecule has 0 spiro atoms. The summed E-state index contributed by atoms with van der Waals surface area (Å²) in [7, 11) is 0. The van der Waals surface area contributed by atoms with Crippen LogP contribution in [-0.4, -0.2) is 17.5 Å². The molecule has 0 saturated carbocycles. The molecule has 0 bridgehead atoms. The molecule has 17 heavy (non-hydrogen) atoms. The highest BCUT2D eigenvalue weighted by molar-refractivity contribution is 6.01. The van der Waals surface area contributed by atoms with Gasteiger partial charge in [0.1, 0.15) is 0 Å². The molecule has 0 amide bonds. The van der Waals surface area contributed by atoms with Crippen LogP contribution in [-0.2, 0) is 0 Å². The van der Waals surface area contributed by atoms with Gasteiger partial charge in [0, 0.05) is 17.5 Å². The average Bonchev–Trinajstić information content (AvgIpc) is 2.26. The fourth-order valence-corrected chi connectivity index (χ4v) is 1.39. The average molecular weight is 233 g/mol. The van der Waals surface area contributed by atoms with Crippen molar-refractivity contribution < 1.29 is 9.59 Å². The Kier molecular flexibility index (Phi) is 3.98. The lowest BCUT2D eigenvalue weighted by atomic mass is 10.0. The fraction of sp³-hybridized carbons (Fsp3) is 0.250. The third-order valence-corrected chi connectivity index (χ3v) is 2.23. The third kappa shape index (κ3) is 3.41. The van der Waals surface area contributed by atoms with Gasteiger partial charge in [0.15, 0.2) is 17.5 Å². The fourth-order valence-electron chi connectivity index (χ4n) is 1.39. The highest BCUT2D eigenvalue weighted by Crippen LogP contribution is 2.19. The molecule has 0 fully saturated rings. The summed E-state index contributed by atoms with van der Waals surface area (Å²) < 4.78 is 0. The van der Waals surface area contributed by atoms with Crippen molar-refractivity contribution in [2.45, 2.75) is 20.3 Å². The molecule has 1 aromatic rings. The molecule has 0 aromatic heterocycles. The summed E-state index contributed by atoms with van der Waals surface area (Å²) in [6.45, 7) is 3.18. The second-order valence-electron chi connectivity index (χ2n) is 3.64. The Bertz CT molecular complexity index is 489. The molecular formula is C12H15N3O2. The van der Waals surface area contributed by atoms with Crippen molar-refractivity contribution in [1.29, 1.82) is 0 Å². The van der Waals surface area contributed by atoms with Gasteiger partial charge in [-0.05, 0) is 25.1 Å². The zero-order valence-electron chi connectivity index (χ0n) is 9.86. The van der Waals surface area contributed by atoms with Crippen LogP contribution in [0.5, 0.6) is 0 Å².